The summed E-state index contributed by atoms with van der Waals surface area (Å²) in [5.41, 5.74) is 2.79. The van der Waals surface area contributed by atoms with Gasteiger partial charge in [-0.25, -0.2) is 4.98 Å². The summed E-state index contributed by atoms with van der Waals surface area (Å²) >= 11 is 0. The summed E-state index contributed by atoms with van der Waals surface area (Å²) in [6, 6.07) is 9.14. The van der Waals surface area contributed by atoms with E-state index in [0.717, 1.165) is 16.7 Å². The quantitative estimate of drug-likeness (QED) is 0.837. The Labute approximate surface area is 94.3 Å². The van der Waals surface area contributed by atoms with Crippen molar-refractivity contribution in [1.82, 2.24) is 4.98 Å². The maximum atomic E-state index is 9.79. The zero-order valence-electron chi connectivity index (χ0n) is 9.27. The highest BCUT2D eigenvalue weighted by atomic mass is 16.5. The summed E-state index contributed by atoms with van der Waals surface area (Å²) in [6.07, 6.45) is 1.66. The van der Waals surface area contributed by atoms with Crippen LogP contribution in [0.25, 0.3) is 11.1 Å². The van der Waals surface area contributed by atoms with E-state index in [1.807, 2.05) is 25.1 Å². The normalized spacial score (nSPS) is 10.1. The van der Waals surface area contributed by atoms with E-state index in [-0.39, 0.29) is 5.75 Å². The summed E-state index contributed by atoms with van der Waals surface area (Å²) in [4.78, 5) is 4.03. The zero-order valence-corrected chi connectivity index (χ0v) is 9.27. The largest absolute Gasteiger partial charge is 0.507 e. The van der Waals surface area contributed by atoms with Gasteiger partial charge in [-0.2, -0.15) is 0 Å². The minimum absolute atomic E-state index is 0.263. The van der Waals surface area contributed by atoms with Crippen molar-refractivity contribution in [1.29, 1.82) is 0 Å². The highest BCUT2D eigenvalue weighted by molar-refractivity contribution is 5.71. The third-order valence-electron chi connectivity index (χ3n) is 2.41. The molecule has 0 aliphatic heterocycles. The van der Waals surface area contributed by atoms with Crippen molar-refractivity contribution in [3.05, 3.63) is 42.1 Å². The SMILES string of the molecule is COc1cc(-c2cc(C)ccc2O)ccn1. The van der Waals surface area contributed by atoms with E-state index in [1.165, 1.54) is 0 Å². The molecule has 0 fully saturated rings. The number of ether oxygens (including phenoxy) is 1. The average Bonchev–Trinajstić information content (AvgIpc) is 2.32. The molecule has 0 saturated heterocycles. The monoisotopic (exact) mass is 215 g/mol. The fraction of sp³-hybridized carbons (Fsp3) is 0.154. The Morgan fingerprint density at radius 2 is 2.00 bits per heavy atom. The van der Waals surface area contributed by atoms with Crippen LogP contribution >= 0.6 is 0 Å². The molecule has 1 N–H and O–H groups in total. The van der Waals surface area contributed by atoms with Gasteiger partial charge >= 0.3 is 0 Å². The van der Waals surface area contributed by atoms with Crippen molar-refractivity contribution in [3.8, 4) is 22.8 Å². The fourth-order valence-electron chi connectivity index (χ4n) is 1.57. The number of phenolic OH excluding ortho intramolecular Hbond substituents is 1. The molecular formula is C13H13NO2. The van der Waals surface area contributed by atoms with Crippen LogP contribution in [0, 0.1) is 6.92 Å². The third kappa shape index (κ3) is 1.98. The molecule has 0 unspecified atom stereocenters. The first kappa shape index (κ1) is 10.5. The second-order valence-corrected chi connectivity index (χ2v) is 3.61. The highest BCUT2D eigenvalue weighted by Gasteiger charge is 2.05. The molecule has 2 aromatic rings. The lowest BCUT2D eigenvalue weighted by Crippen LogP contribution is -1.88. The smallest absolute Gasteiger partial charge is 0.213 e. The van der Waals surface area contributed by atoms with Crippen molar-refractivity contribution >= 4 is 0 Å². The summed E-state index contributed by atoms with van der Waals surface area (Å²) in [7, 11) is 1.57. The lowest BCUT2D eigenvalue weighted by molar-refractivity contribution is 0.398. The Balaban J connectivity index is 2.53. The van der Waals surface area contributed by atoms with Gasteiger partial charge in [0.1, 0.15) is 5.75 Å². The van der Waals surface area contributed by atoms with Crippen LogP contribution in [0.3, 0.4) is 0 Å². The van der Waals surface area contributed by atoms with Crippen molar-refractivity contribution in [2.75, 3.05) is 7.11 Å². The average molecular weight is 215 g/mol. The first-order chi connectivity index (χ1) is 7.70. The topological polar surface area (TPSA) is 42.4 Å². The van der Waals surface area contributed by atoms with Gasteiger partial charge in [0.05, 0.1) is 7.11 Å². The summed E-state index contributed by atoms with van der Waals surface area (Å²) < 4.78 is 5.05. The summed E-state index contributed by atoms with van der Waals surface area (Å²) in [5.74, 6) is 0.803. The van der Waals surface area contributed by atoms with Crippen LogP contribution in [0.5, 0.6) is 11.6 Å². The first-order valence-corrected chi connectivity index (χ1v) is 5.01. The number of hydrogen-bond donors (Lipinski definition) is 1. The van der Waals surface area contributed by atoms with Crippen molar-refractivity contribution in [2.24, 2.45) is 0 Å². The number of nitrogens with zero attached hydrogens (tertiary/aromatic N) is 1. The molecular weight excluding hydrogens is 202 g/mol. The fourth-order valence-corrected chi connectivity index (χ4v) is 1.57. The molecule has 2 rings (SSSR count). The van der Waals surface area contributed by atoms with Gasteiger partial charge in [-0.15, -0.1) is 0 Å². The molecule has 0 amide bonds. The number of phenols is 1. The molecule has 82 valence electrons. The highest BCUT2D eigenvalue weighted by Crippen LogP contribution is 2.30. The van der Waals surface area contributed by atoms with E-state index in [4.69, 9.17) is 4.74 Å². The molecule has 1 aromatic heterocycles. The molecule has 0 aliphatic rings. The minimum atomic E-state index is 0.263. The van der Waals surface area contributed by atoms with Gasteiger partial charge in [0.25, 0.3) is 0 Å². The standard InChI is InChI=1S/C13H13NO2/c1-9-3-4-12(15)11(7-9)10-5-6-14-13(8-10)16-2/h3-8,15H,1-2H3. The molecule has 16 heavy (non-hydrogen) atoms. The van der Waals surface area contributed by atoms with Crippen LogP contribution in [0.15, 0.2) is 36.5 Å². The van der Waals surface area contributed by atoms with Crippen LogP contribution in [0.1, 0.15) is 5.56 Å². The molecule has 3 heteroatoms. The number of aryl methyl sites for hydroxylation is 1. The van der Waals surface area contributed by atoms with E-state index >= 15 is 0 Å². The molecule has 0 spiro atoms. The van der Waals surface area contributed by atoms with E-state index in [0.29, 0.717) is 5.88 Å². The Bertz CT molecular complexity index is 509. The minimum Gasteiger partial charge on any atom is -0.507 e. The first-order valence-electron chi connectivity index (χ1n) is 5.01. The van der Waals surface area contributed by atoms with Gasteiger partial charge in [0.2, 0.25) is 5.88 Å². The number of aromatic nitrogens is 1. The Morgan fingerprint density at radius 3 is 2.75 bits per heavy atom. The molecule has 0 radical (unpaired) electrons. The molecule has 0 atom stereocenters. The molecule has 0 saturated carbocycles. The summed E-state index contributed by atoms with van der Waals surface area (Å²) in [5, 5.41) is 9.79. The zero-order chi connectivity index (χ0) is 11.5. The van der Waals surface area contributed by atoms with E-state index < -0.39 is 0 Å². The van der Waals surface area contributed by atoms with E-state index in [1.54, 1.807) is 25.4 Å². The van der Waals surface area contributed by atoms with Gasteiger partial charge in [-0.1, -0.05) is 11.6 Å². The van der Waals surface area contributed by atoms with Gasteiger partial charge < -0.3 is 9.84 Å². The lowest BCUT2D eigenvalue weighted by Gasteiger charge is -2.07. The molecule has 0 aliphatic carbocycles. The Hall–Kier alpha value is -2.03. The summed E-state index contributed by atoms with van der Waals surface area (Å²) in [6.45, 7) is 1.99. The predicted molar refractivity (Wildman–Crippen MR) is 62.6 cm³/mol. The molecule has 1 aromatic carbocycles. The second-order valence-electron chi connectivity index (χ2n) is 3.61. The number of aromatic hydroxyl groups is 1. The van der Waals surface area contributed by atoms with E-state index in [2.05, 4.69) is 4.98 Å². The Kier molecular flexibility index (Phi) is 2.77. The van der Waals surface area contributed by atoms with Gasteiger partial charge in [0, 0.05) is 17.8 Å². The molecule has 1 heterocycles. The predicted octanol–water partition coefficient (Wildman–Crippen LogP) is 2.77. The van der Waals surface area contributed by atoms with Gasteiger partial charge in [0.15, 0.2) is 0 Å². The lowest BCUT2D eigenvalue weighted by atomic mass is 10.0. The van der Waals surface area contributed by atoms with Gasteiger partial charge in [-0.05, 0) is 30.7 Å². The van der Waals surface area contributed by atoms with Crippen LogP contribution < -0.4 is 4.74 Å². The van der Waals surface area contributed by atoms with Crippen LogP contribution in [0.4, 0.5) is 0 Å². The van der Waals surface area contributed by atoms with Crippen molar-refractivity contribution in [2.45, 2.75) is 6.92 Å². The van der Waals surface area contributed by atoms with Crippen LogP contribution in [-0.4, -0.2) is 17.2 Å². The second kappa shape index (κ2) is 4.23. The van der Waals surface area contributed by atoms with Gasteiger partial charge in [-0.3, -0.25) is 0 Å². The van der Waals surface area contributed by atoms with Crippen molar-refractivity contribution < 1.29 is 9.84 Å². The van der Waals surface area contributed by atoms with Crippen molar-refractivity contribution in [3.63, 3.8) is 0 Å². The van der Waals surface area contributed by atoms with Crippen LogP contribution in [0.2, 0.25) is 0 Å². The number of pyridine rings is 1. The maximum Gasteiger partial charge on any atom is 0.213 e. The number of methoxy groups -OCH3 is 1. The number of rotatable bonds is 2. The van der Waals surface area contributed by atoms with E-state index in [9.17, 15) is 5.11 Å². The number of hydrogen-bond acceptors (Lipinski definition) is 3. The molecule has 3 nitrogen and oxygen atoms in total. The van der Waals surface area contributed by atoms with Crippen LogP contribution in [-0.2, 0) is 0 Å². The Morgan fingerprint density at radius 1 is 1.19 bits per heavy atom. The third-order valence-corrected chi connectivity index (χ3v) is 2.41. The number of benzene rings is 1. The maximum absolute atomic E-state index is 9.79. The molecule has 0 bridgehead atoms.